The molecule has 0 radical (unpaired) electrons. The predicted molar refractivity (Wildman–Crippen MR) is 98.1 cm³/mol. The van der Waals surface area contributed by atoms with E-state index in [2.05, 4.69) is 30.6 Å². The lowest BCUT2D eigenvalue weighted by atomic mass is 10.1. The first-order chi connectivity index (χ1) is 11.3. The normalized spacial score (nSPS) is 9.61. The number of unbranched alkanes of at least 4 members (excludes halogenated alkanes) is 12. The van der Waals surface area contributed by atoms with Crippen molar-refractivity contribution in [3.8, 4) is 23.7 Å². The van der Waals surface area contributed by atoms with Crippen LogP contribution in [0.3, 0.4) is 0 Å². The molecule has 0 aliphatic heterocycles. The molecule has 0 heterocycles. The topological polar surface area (TPSA) is 37.3 Å². The molecule has 0 saturated carbocycles. The molecule has 0 saturated heterocycles. The maximum absolute atomic E-state index is 10.4. The second kappa shape index (κ2) is 18.6. The van der Waals surface area contributed by atoms with Crippen LogP contribution in [-0.2, 0) is 4.79 Å². The van der Waals surface area contributed by atoms with Crippen molar-refractivity contribution in [3.05, 3.63) is 0 Å². The Kier molecular flexibility index (Phi) is 17.5. The van der Waals surface area contributed by atoms with Gasteiger partial charge in [0, 0.05) is 19.3 Å². The van der Waals surface area contributed by atoms with E-state index in [4.69, 9.17) is 5.11 Å². The number of carbonyl (C=O) groups is 1. The smallest absolute Gasteiger partial charge is 0.303 e. The second-order valence-corrected chi connectivity index (χ2v) is 6.14. The van der Waals surface area contributed by atoms with Gasteiger partial charge < -0.3 is 5.11 Å². The van der Waals surface area contributed by atoms with Gasteiger partial charge in [0.15, 0.2) is 0 Å². The SMILES string of the molecule is CCCCCCC#CC#CCCCCCCCCCCC(=O)O. The van der Waals surface area contributed by atoms with Gasteiger partial charge in [-0.1, -0.05) is 76.6 Å². The molecule has 0 rings (SSSR count). The molecule has 0 aromatic rings. The van der Waals surface area contributed by atoms with Gasteiger partial charge >= 0.3 is 5.97 Å². The van der Waals surface area contributed by atoms with Gasteiger partial charge in [0.1, 0.15) is 0 Å². The van der Waals surface area contributed by atoms with Gasteiger partial charge in [-0.05, 0) is 31.1 Å². The van der Waals surface area contributed by atoms with Crippen LogP contribution >= 0.6 is 0 Å². The lowest BCUT2D eigenvalue weighted by Gasteiger charge is -2.00. The molecular formula is C21H34O2. The molecule has 0 aliphatic rings. The first kappa shape index (κ1) is 21.6. The third-order valence-electron chi connectivity index (χ3n) is 3.84. The maximum atomic E-state index is 10.4. The molecule has 130 valence electrons. The van der Waals surface area contributed by atoms with Crippen LogP contribution in [0, 0.1) is 23.7 Å². The summed E-state index contributed by atoms with van der Waals surface area (Å²) in [5, 5.41) is 8.53. The van der Waals surface area contributed by atoms with Gasteiger partial charge in [-0.25, -0.2) is 0 Å². The van der Waals surface area contributed by atoms with E-state index in [1.807, 2.05) is 0 Å². The summed E-state index contributed by atoms with van der Waals surface area (Å²) >= 11 is 0. The van der Waals surface area contributed by atoms with Crippen molar-refractivity contribution < 1.29 is 9.90 Å². The fraction of sp³-hybridized carbons (Fsp3) is 0.762. The highest BCUT2D eigenvalue weighted by Gasteiger charge is 1.96. The average Bonchev–Trinajstić information content (AvgIpc) is 2.53. The third-order valence-corrected chi connectivity index (χ3v) is 3.84. The fourth-order valence-corrected chi connectivity index (χ4v) is 2.40. The Bertz CT molecular complexity index is 390. The summed E-state index contributed by atoms with van der Waals surface area (Å²) in [6, 6.07) is 0. The largest absolute Gasteiger partial charge is 0.481 e. The van der Waals surface area contributed by atoms with Gasteiger partial charge in [0.2, 0.25) is 0 Å². The summed E-state index contributed by atoms with van der Waals surface area (Å²) in [5.41, 5.74) is 0. The summed E-state index contributed by atoms with van der Waals surface area (Å²) in [6.07, 6.45) is 16.6. The molecule has 23 heavy (non-hydrogen) atoms. The Balaban J connectivity index is 3.23. The van der Waals surface area contributed by atoms with Crippen molar-refractivity contribution in [1.29, 1.82) is 0 Å². The van der Waals surface area contributed by atoms with Crippen LogP contribution in [0.4, 0.5) is 0 Å². The zero-order chi connectivity index (χ0) is 17.0. The van der Waals surface area contributed by atoms with Crippen LogP contribution < -0.4 is 0 Å². The summed E-state index contributed by atoms with van der Waals surface area (Å²) < 4.78 is 0. The highest BCUT2D eigenvalue weighted by molar-refractivity contribution is 5.66. The molecule has 1 N–H and O–H groups in total. The summed E-state index contributed by atoms with van der Waals surface area (Å²) in [6.45, 7) is 2.22. The first-order valence-electron chi connectivity index (χ1n) is 9.45. The van der Waals surface area contributed by atoms with Crippen LogP contribution in [0.2, 0.25) is 0 Å². The highest BCUT2D eigenvalue weighted by Crippen LogP contribution is 2.10. The lowest BCUT2D eigenvalue weighted by Crippen LogP contribution is -1.93. The molecule has 2 nitrogen and oxygen atoms in total. The minimum atomic E-state index is -0.674. The van der Waals surface area contributed by atoms with Crippen LogP contribution in [0.1, 0.15) is 103 Å². The van der Waals surface area contributed by atoms with Gasteiger partial charge in [-0.2, -0.15) is 0 Å². The zero-order valence-corrected chi connectivity index (χ0v) is 15.0. The van der Waals surface area contributed by atoms with E-state index in [0.717, 1.165) is 25.7 Å². The Labute approximate surface area is 143 Å². The minimum Gasteiger partial charge on any atom is -0.481 e. The van der Waals surface area contributed by atoms with Crippen molar-refractivity contribution in [3.63, 3.8) is 0 Å². The molecule has 0 aliphatic carbocycles. The summed E-state index contributed by atoms with van der Waals surface area (Å²) in [7, 11) is 0. The molecule has 0 fully saturated rings. The summed E-state index contributed by atoms with van der Waals surface area (Å²) in [4.78, 5) is 10.4. The van der Waals surface area contributed by atoms with Gasteiger partial charge in [0.25, 0.3) is 0 Å². The van der Waals surface area contributed by atoms with Gasteiger partial charge in [-0.15, -0.1) is 0 Å². The molecule has 0 unspecified atom stereocenters. The first-order valence-corrected chi connectivity index (χ1v) is 9.45. The van der Waals surface area contributed by atoms with Crippen molar-refractivity contribution in [2.75, 3.05) is 0 Å². The Morgan fingerprint density at radius 1 is 0.696 bits per heavy atom. The number of rotatable bonds is 14. The highest BCUT2D eigenvalue weighted by atomic mass is 16.4. The Morgan fingerprint density at radius 3 is 1.61 bits per heavy atom. The number of hydrogen-bond acceptors (Lipinski definition) is 1. The predicted octanol–water partition coefficient (Wildman–Crippen LogP) is 5.95. The third kappa shape index (κ3) is 20.6. The van der Waals surface area contributed by atoms with Crippen molar-refractivity contribution >= 4 is 5.97 Å². The molecule has 0 atom stereocenters. The molecule has 0 bridgehead atoms. The number of hydrogen-bond donors (Lipinski definition) is 1. The molecular weight excluding hydrogens is 284 g/mol. The van der Waals surface area contributed by atoms with E-state index in [0.29, 0.717) is 6.42 Å². The van der Waals surface area contributed by atoms with E-state index in [1.54, 1.807) is 0 Å². The van der Waals surface area contributed by atoms with E-state index < -0.39 is 5.97 Å². The standard InChI is InChI=1S/C21H34O2/c1-2-3-4-5-6-7-8-9-10-11-12-13-14-15-16-17-18-19-20-21(22)23/h2-6,11-20H2,1H3,(H,22,23). The molecule has 2 heteroatoms. The molecule has 0 aromatic heterocycles. The number of carboxylic acid groups (broad SMARTS) is 1. The zero-order valence-electron chi connectivity index (χ0n) is 15.0. The van der Waals surface area contributed by atoms with E-state index >= 15 is 0 Å². The molecule has 0 aromatic carbocycles. The van der Waals surface area contributed by atoms with Gasteiger partial charge in [-0.3, -0.25) is 4.79 Å². The van der Waals surface area contributed by atoms with Gasteiger partial charge in [0.05, 0.1) is 0 Å². The monoisotopic (exact) mass is 318 g/mol. The number of carboxylic acids is 1. The fourth-order valence-electron chi connectivity index (χ4n) is 2.40. The quantitative estimate of drug-likeness (QED) is 0.317. The van der Waals surface area contributed by atoms with E-state index in [9.17, 15) is 4.79 Å². The Morgan fingerprint density at radius 2 is 1.13 bits per heavy atom. The molecule has 0 amide bonds. The van der Waals surface area contributed by atoms with E-state index in [1.165, 1.54) is 64.2 Å². The van der Waals surface area contributed by atoms with Crippen molar-refractivity contribution in [1.82, 2.24) is 0 Å². The maximum Gasteiger partial charge on any atom is 0.303 e. The Hall–Kier alpha value is -1.41. The minimum absolute atomic E-state index is 0.320. The number of aliphatic carboxylic acids is 1. The summed E-state index contributed by atoms with van der Waals surface area (Å²) in [5.74, 6) is 11.5. The van der Waals surface area contributed by atoms with E-state index in [-0.39, 0.29) is 0 Å². The average molecular weight is 319 g/mol. The van der Waals surface area contributed by atoms with Crippen LogP contribution in [-0.4, -0.2) is 11.1 Å². The lowest BCUT2D eigenvalue weighted by molar-refractivity contribution is -0.137. The van der Waals surface area contributed by atoms with Crippen LogP contribution in [0.25, 0.3) is 0 Å². The molecule has 0 spiro atoms. The van der Waals surface area contributed by atoms with Crippen LogP contribution in [0.5, 0.6) is 0 Å². The van der Waals surface area contributed by atoms with Crippen molar-refractivity contribution in [2.24, 2.45) is 0 Å². The van der Waals surface area contributed by atoms with Crippen LogP contribution in [0.15, 0.2) is 0 Å². The second-order valence-electron chi connectivity index (χ2n) is 6.14. The van der Waals surface area contributed by atoms with Crippen molar-refractivity contribution in [2.45, 2.75) is 103 Å².